The molecule has 132 valence electrons. The van der Waals surface area contributed by atoms with E-state index >= 15 is 0 Å². The topological polar surface area (TPSA) is 61.4 Å². The summed E-state index contributed by atoms with van der Waals surface area (Å²) < 4.78 is 0. The fraction of sp³-hybridized carbons (Fsp3) is 0.300. The third-order valence-electron chi connectivity index (χ3n) is 3.86. The van der Waals surface area contributed by atoms with Crippen LogP contribution in [0, 0.1) is 0 Å². The number of hydrogen-bond donors (Lipinski definition) is 2. The first kappa shape index (κ1) is 18.5. The molecule has 0 unspecified atom stereocenters. The van der Waals surface area contributed by atoms with Gasteiger partial charge in [0.15, 0.2) is 0 Å². The second-order valence-electron chi connectivity index (χ2n) is 5.84. The van der Waals surface area contributed by atoms with E-state index in [1.54, 1.807) is 24.1 Å². The van der Waals surface area contributed by atoms with Gasteiger partial charge >= 0.3 is 0 Å². The number of benzene rings is 2. The van der Waals surface area contributed by atoms with Crippen molar-refractivity contribution in [3.05, 3.63) is 60.2 Å². The van der Waals surface area contributed by atoms with Crippen LogP contribution in [0.5, 0.6) is 0 Å². The molecule has 2 aromatic rings. The van der Waals surface area contributed by atoms with E-state index in [1.165, 1.54) is 0 Å². The van der Waals surface area contributed by atoms with Crippen molar-refractivity contribution in [3.8, 4) is 0 Å². The third kappa shape index (κ3) is 5.64. The van der Waals surface area contributed by atoms with Crippen molar-refractivity contribution in [2.24, 2.45) is 0 Å². The lowest BCUT2D eigenvalue weighted by atomic mass is 10.1. The molecule has 0 spiro atoms. The van der Waals surface area contributed by atoms with Gasteiger partial charge in [0.25, 0.3) is 5.91 Å². The van der Waals surface area contributed by atoms with E-state index in [9.17, 15) is 9.59 Å². The number of para-hydroxylation sites is 1. The van der Waals surface area contributed by atoms with Crippen LogP contribution in [0.2, 0.25) is 0 Å². The van der Waals surface area contributed by atoms with E-state index in [2.05, 4.69) is 17.6 Å². The van der Waals surface area contributed by atoms with Crippen molar-refractivity contribution in [2.45, 2.75) is 19.8 Å². The Labute approximate surface area is 149 Å². The predicted molar refractivity (Wildman–Crippen MR) is 102 cm³/mol. The van der Waals surface area contributed by atoms with Crippen molar-refractivity contribution in [1.82, 2.24) is 5.32 Å². The summed E-state index contributed by atoms with van der Waals surface area (Å²) in [5, 5.41) is 5.92. The Kier molecular flexibility index (Phi) is 7.01. The number of rotatable bonds is 8. The first-order valence-corrected chi connectivity index (χ1v) is 8.55. The van der Waals surface area contributed by atoms with E-state index in [1.807, 2.05) is 42.5 Å². The minimum atomic E-state index is -0.0951. The van der Waals surface area contributed by atoms with Gasteiger partial charge in [0, 0.05) is 30.5 Å². The van der Waals surface area contributed by atoms with Gasteiger partial charge in [-0.1, -0.05) is 37.6 Å². The van der Waals surface area contributed by atoms with Gasteiger partial charge in [0.05, 0.1) is 6.54 Å². The van der Waals surface area contributed by atoms with Gasteiger partial charge < -0.3 is 15.5 Å². The zero-order valence-corrected chi connectivity index (χ0v) is 14.8. The number of carbonyl (C=O) groups is 2. The first-order valence-electron chi connectivity index (χ1n) is 8.55. The fourth-order valence-corrected chi connectivity index (χ4v) is 2.37. The summed E-state index contributed by atoms with van der Waals surface area (Å²) in [6.07, 6.45) is 2.02. The second kappa shape index (κ2) is 9.47. The molecule has 5 heteroatoms. The third-order valence-corrected chi connectivity index (χ3v) is 3.86. The highest BCUT2D eigenvalue weighted by molar-refractivity contribution is 6.06. The lowest BCUT2D eigenvalue weighted by molar-refractivity contribution is -0.119. The summed E-state index contributed by atoms with van der Waals surface area (Å²) in [5.41, 5.74) is 2.15. The van der Waals surface area contributed by atoms with Crippen molar-refractivity contribution < 1.29 is 9.59 Å². The minimum absolute atomic E-state index is 0.0495. The summed E-state index contributed by atoms with van der Waals surface area (Å²) in [7, 11) is 1.75. The normalized spacial score (nSPS) is 10.2. The largest absolute Gasteiger partial charge is 0.376 e. The molecule has 0 bridgehead atoms. The van der Waals surface area contributed by atoms with Crippen LogP contribution in [0.1, 0.15) is 30.1 Å². The van der Waals surface area contributed by atoms with Gasteiger partial charge in [-0.3, -0.25) is 9.59 Å². The average molecular weight is 339 g/mol. The molecule has 25 heavy (non-hydrogen) atoms. The van der Waals surface area contributed by atoms with Crippen molar-refractivity contribution in [3.63, 3.8) is 0 Å². The fourth-order valence-electron chi connectivity index (χ4n) is 2.37. The number of nitrogens with zero attached hydrogens (tertiary/aromatic N) is 1. The molecule has 2 N–H and O–H groups in total. The highest BCUT2D eigenvalue weighted by Crippen LogP contribution is 2.17. The molecule has 2 rings (SSSR count). The summed E-state index contributed by atoms with van der Waals surface area (Å²) in [5.74, 6) is -0.145. The summed E-state index contributed by atoms with van der Waals surface area (Å²) in [6, 6.07) is 16.7. The number of amides is 2. The summed E-state index contributed by atoms with van der Waals surface area (Å²) in [6.45, 7) is 2.96. The van der Waals surface area contributed by atoms with Gasteiger partial charge in [0.2, 0.25) is 5.91 Å². The molecule has 0 atom stereocenters. The van der Waals surface area contributed by atoms with Crippen molar-refractivity contribution in [2.75, 3.05) is 30.4 Å². The number of carbonyl (C=O) groups excluding carboxylic acids is 2. The van der Waals surface area contributed by atoms with Crippen LogP contribution in [0.25, 0.3) is 0 Å². The van der Waals surface area contributed by atoms with Crippen molar-refractivity contribution in [1.29, 1.82) is 0 Å². The lowest BCUT2D eigenvalue weighted by Crippen LogP contribution is -2.30. The van der Waals surface area contributed by atoms with Gasteiger partial charge in [-0.2, -0.15) is 0 Å². The van der Waals surface area contributed by atoms with Crippen LogP contribution in [0.3, 0.4) is 0 Å². The highest BCUT2D eigenvalue weighted by atomic mass is 16.2. The van der Waals surface area contributed by atoms with Gasteiger partial charge in [-0.05, 0) is 36.8 Å². The van der Waals surface area contributed by atoms with E-state index in [0.29, 0.717) is 12.1 Å². The summed E-state index contributed by atoms with van der Waals surface area (Å²) in [4.78, 5) is 26.0. The smallest absolute Gasteiger partial charge is 0.258 e. The maximum absolute atomic E-state index is 12.6. The first-order chi connectivity index (χ1) is 12.1. The lowest BCUT2D eigenvalue weighted by Gasteiger charge is -2.18. The number of unbranched alkanes of at least 4 members (excludes halogenated alkanes) is 1. The Morgan fingerprint density at radius 3 is 2.52 bits per heavy atom. The Balaban J connectivity index is 1.96. The number of anilines is 2. The Morgan fingerprint density at radius 1 is 1.04 bits per heavy atom. The number of hydrogen-bond acceptors (Lipinski definition) is 3. The maximum Gasteiger partial charge on any atom is 0.258 e. The molecule has 0 fully saturated rings. The maximum atomic E-state index is 12.6. The zero-order valence-electron chi connectivity index (χ0n) is 14.8. The molecule has 0 aliphatic heterocycles. The molecule has 0 saturated carbocycles. The van der Waals surface area contributed by atoms with Crippen LogP contribution in [0.4, 0.5) is 11.4 Å². The average Bonchev–Trinajstić information content (AvgIpc) is 2.66. The molecule has 0 radical (unpaired) electrons. The molecule has 0 saturated heterocycles. The standard InChI is InChI=1S/C20H25N3O2/c1-3-4-13-21-19(24)15-22-17-10-8-9-16(14-17)20(25)23(2)18-11-6-5-7-12-18/h5-12,14,22H,3-4,13,15H2,1-2H3,(H,21,24). The molecule has 2 amide bonds. The van der Waals surface area contributed by atoms with E-state index in [-0.39, 0.29) is 18.4 Å². The molecule has 5 nitrogen and oxygen atoms in total. The van der Waals surface area contributed by atoms with E-state index in [0.717, 1.165) is 24.2 Å². The van der Waals surface area contributed by atoms with Crippen LogP contribution in [-0.2, 0) is 4.79 Å². The molecular formula is C20H25N3O2. The zero-order chi connectivity index (χ0) is 18.1. The molecular weight excluding hydrogens is 314 g/mol. The molecule has 0 aliphatic rings. The molecule has 0 aromatic heterocycles. The van der Waals surface area contributed by atoms with Crippen LogP contribution in [-0.4, -0.2) is 32.0 Å². The van der Waals surface area contributed by atoms with Gasteiger partial charge in [-0.15, -0.1) is 0 Å². The van der Waals surface area contributed by atoms with Crippen LogP contribution >= 0.6 is 0 Å². The molecule has 2 aromatic carbocycles. The number of nitrogens with one attached hydrogen (secondary N) is 2. The highest BCUT2D eigenvalue weighted by Gasteiger charge is 2.13. The van der Waals surface area contributed by atoms with E-state index < -0.39 is 0 Å². The molecule has 0 aliphatic carbocycles. The van der Waals surface area contributed by atoms with Gasteiger partial charge in [0.1, 0.15) is 0 Å². The minimum Gasteiger partial charge on any atom is -0.376 e. The SMILES string of the molecule is CCCCNC(=O)CNc1cccc(C(=O)N(C)c2ccccc2)c1. The second-order valence-corrected chi connectivity index (χ2v) is 5.84. The van der Waals surface area contributed by atoms with Crippen LogP contribution in [0.15, 0.2) is 54.6 Å². The van der Waals surface area contributed by atoms with E-state index in [4.69, 9.17) is 0 Å². The molecule has 0 heterocycles. The quantitative estimate of drug-likeness (QED) is 0.726. The van der Waals surface area contributed by atoms with Crippen LogP contribution < -0.4 is 15.5 Å². The van der Waals surface area contributed by atoms with Crippen molar-refractivity contribution >= 4 is 23.2 Å². The Hall–Kier alpha value is -2.82. The summed E-state index contributed by atoms with van der Waals surface area (Å²) >= 11 is 0. The monoisotopic (exact) mass is 339 g/mol. The Morgan fingerprint density at radius 2 is 1.80 bits per heavy atom. The predicted octanol–water partition coefficient (Wildman–Crippen LogP) is 3.29. The van der Waals surface area contributed by atoms with Gasteiger partial charge in [-0.25, -0.2) is 0 Å². The Bertz CT molecular complexity index is 701.